The number of epoxide rings is 1. The summed E-state index contributed by atoms with van der Waals surface area (Å²) >= 11 is 0. The van der Waals surface area contributed by atoms with Crippen LogP contribution < -0.4 is 4.89 Å². The Morgan fingerprint density at radius 1 is 1.41 bits per heavy atom. The molecule has 0 saturated carbocycles. The van der Waals surface area contributed by atoms with Gasteiger partial charge in [0.2, 0.25) is 0 Å². The molecule has 2 heterocycles. The number of benzene rings is 1. The Hall–Kier alpha value is -1.32. The van der Waals surface area contributed by atoms with Crippen LogP contribution in [0.1, 0.15) is 57.6 Å². The molecule has 0 spiro atoms. The first-order valence-electron chi connectivity index (χ1n) is 8.35. The number of rotatable bonds is 7. The third-order valence-electron chi connectivity index (χ3n) is 4.96. The van der Waals surface area contributed by atoms with Gasteiger partial charge in [0.25, 0.3) is 0 Å². The molecule has 0 bridgehead atoms. The van der Waals surface area contributed by atoms with Crippen molar-refractivity contribution in [3.63, 3.8) is 0 Å². The molecule has 0 aliphatic carbocycles. The van der Waals surface area contributed by atoms with Gasteiger partial charge in [0.05, 0.1) is 11.7 Å². The molecule has 0 amide bonds. The lowest BCUT2D eigenvalue weighted by Crippen LogP contribution is -2.07. The van der Waals surface area contributed by atoms with Crippen molar-refractivity contribution < 1.29 is 14.5 Å². The summed E-state index contributed by atoms with van der Waals surface area (Å²) in [5.41, 5.74) is 4.07. The Morgan fingerprint density at radius 3 is 3.05 bits per heavy atom. The van der Waals surface area contributed by atoms with Crippen LogP contribution in [0.25, 0.3) is 0 Å². The van der Waals surface area contributed by atoms with Gasteiger partial charge in [-0.1, -0.05) is 30.7 Å². The molecule has 2 unspecified atom stereocenters. The molecule has 3 rings (SSSR count). The topological polar surface area (TPSA) is 31.0 Å². The van der Waals surface area contributed by atoms with Crippen molar-refractivity contribution in [3.05, 3.63) is 41.0 Å². The number of ether oxygens (including phenoxy) is 1. The molecule has 0 radical (unpaired) electrons. The fourth-order valence-corrected chi connectivity index (χ4v) is 3.02. The van der Waals surface area contributed by atoms with Crippen LogP contribution in [-0.4, -0.2) is 11.7 Å². The Bertz CT molecular complexity index is 564. The maximum atomic E-state index is 5.77. The van der Waals surface area contributed by atoms with E-state index in [4.69, 9.17) is 14.5 Å². The predicted molar refractivity (Wildman–Crippen MR) is 86.7 cm³/mol. The van der Waals surface area contributed by atoms with E-state index in [0.29, 0.717) is 12.7 Å². The predicted octanol–water partition coefficient (Wildman–Crippen LogP) is 4.74. The summed E-state index contributed by atoms with van der Waals surface area (Å²) in [5, 5.41) is 0. The second kappa shape index (κ2) is 6.43. The van der Waals surface area contributed by atoms with Gasteiger partial charge in [-0.3, -0.25) is 0 Å². The summed E-state index contributed by atoms with van der Waals surface area (Å²) in [6.45, 7) is 7.21. The molecule has 3 nitrogen and oxygen atoms in total. The maximum absolute atomic E-state index is 5.77. The van der Waals surface area contributed by atoms with Gasteiger partial charge in [0, 0.05) is 5.56 Å². The first kappa shape index (κ1) is 15.6. The molecule has 2 atom stereocenters. The molecule has 0 N–H and O–H groups in total. The van der Waals surface area contributed by atoms with Crippen molar-refractivity contribution in [2.75, 3.05) is 0 Å². The highest BCUT2D eigenvalue weighted by molar-refractivity contribution is 5.38. The minimum Gasteiger partial charge on any atom is -0.366 e. The smallest absolute Gasteiger partial charge is 0.171 e. The second-order valence-electron chi connectivity index (χ2n) is 6.69. The van der Waals surface area contributed by atoms with Crippen LogP contribution in [0.4, 0.5) is 0 Å². The van der Waals surface area contributed by atoms with E-state index in [9.17, 15) is 0 Å². The van der Waals surface area contributed by atoms with Crippen molar-refractivity contribution in [3.8, 4) is 5.75 Å². The minimum absolute atomic E-state index is 0.159. The molecule has 22 heavy (non-hydrogen) atoms. The van der Waals surface area contributed by atoms with E-state index in [0.717, 1.165) is 43.4 Å². The van der Waals surface area contributed by atoms with Gasteiger partial charge in [-0.2, -0.15) is 4.89 Å². The molecular formula is C19H26O3. The van der Waals surface area contributed by atoms with Gasteiger partial charge < -0.3 is 9.62 Å². The van der Waals surface area contributed by atoms with E-state index in [2.05, 4.69) is 45.0 Å². The number of fused-ring (bicyclic) bond motifs is 1. The zero-order valence-electron chi connectivity index (χ0n) is 13.9. The fourth-order valence-electron chi connectivity index (χ4n) is 3.02. The molecule has 2 aliphatic heterocycles. The van der Waals surface area contributed by atoms with Crippen molar-refractivity contribution in [2.24, 2.45) is 0 Å². The summed E-state index contributed by atoms with van der Waals surface area (Å²) in [5.74, 6) is 0.878. The summed E-state index contributed by atoms with van der Waals surface area (Å²) in [6, 6.07) is 6.37. The van der Waals surface area contributed by atoms with Gasteiger partial charge in [-0.05, 0) is 57.6 Å². The van der Waals surface area contributed by atoms with Crippen molar-refractivity contribution in [1.82, 2.24) is 0 Å². The minimum atomic E-state index is 0.159. The Balaban J connectivity index is 1.42. The van der Waals surface area contributed by atoms with Gasteiger partial charge in [-0.15, -0.1) is 0 Å². The first-order chi connectivity index (χ1) is 10.6. The zero-order valence-corrected chi connectivity index (χ0v) is 13.9. The van der Waals surface area contributed by atoms with Gasteiger partial charge in [0.1, 0.15) is 6.61 Å². The number of hydrogen-bond donors (Lipinski definition) is 0. The highest BCUT2D eigenvalue weighted by atomic mass is 17.2. The van der Waals surface area contributed by atoms with Crippen molar-refractivity contribution >= 4 is 0 Å². The summed E-state index contributed by atoms with van der Waals surface area (Å²) in [7, 11) is 0. The van der Waals surface area contributed by atoms with Gasteiger partial charge in [-0.25, -0.2) is 0 Å². The van der Waals surface area contributed by atoms with Crippen LogP contribution in [-0.2, 0) is 22.7 Å². The highest BCUT2D eigenvalue weighted by Gasteiger charge is 2.49. The number of aryl methyl sites for hydroxylation is 1. The summed E-state index contributed by atoms with van der Waals surface area (Å²) in [4.78, 5) is 10.1. The van der Waals surface area contributed by atoms with E-state index in [1.807, 2.05) is 0 Å². The SMILES string of the molecule is CCC1(C)OC1CC/C(C)=C/CCc1ccc2c(c1)OOC2. The normalized spacial score (nSPS) is 26.7. The van der Waals surface area contributed by atoms with Crippen LogP contribution >= 0.6 is 0 Å². The zero-order chi connectivity index (χ0) is 15.6. The van der Waals surface area contributed by atoms with Crippen LogP contribution in [0.15, 0.2) is 29.8 Å². The fraction of sp³-hybridized carbons (Fsp3) is 0.579. The van der Waals surface area contributed by atoms with Crippen LogP contribution in [0, 0.1) is 0 Å². The average Bonchev–Trinajstić information content (AvgIpc) is 2.95. The van der Waals surface area contributed by atoms with Crippen LogP contribution in [0.5, 0.6) is 5.75 Å². The monoisotopic (exact) mass is 302 g/mol. The number of allylic oxidation sites excluding steroid dienone is 2. The Morgan fingerprint density at radius 2 is 2.27 bits per heavy atom. The van der Waals surface area contributed by atoms with Crippen LogP contribution in [0.2, 0.25) is 0 Å². The van der Waals surface area contributed by atoms with Gasteiger partial charge >= 0.3 is 0 Å². The molecular weight excluding hydrogens is 276 g/mol. The third kappa shape index (κ3) is 3.53. The Kier molecular flexibility index (Phi) is 4.55. The second-order valence-corrected chi connectivity index (χ2v) is 6.69. The lowest BCUT2D eigenvalue weighted by molar-refractivity contribution is -0.194. The molecule has 0 aromatic heterocycles. The lowest BCUT2D eigenvalue weighted by Gasteiger charge is -2.04. The van der Waals surface area contributed by atoms with Crippen LogP contribution in [0.3, 0.4) is 0 Å². The van der Waals surface area contributed by atoms with E-state index >= 15 is 0 Å². The summed E-state index contributed by atoms with van der Waals surface area (Å²) < 4.78 is 5.77. The number of hydrogen-bond acceptors (Lipinski definition) is 3. The third-order valence-corrected chi connectivity index (χ3v) is 4.96. The van der Waals surface area contributed by atoms with Crippen molar-refractivity contribution in [1.29, 1.82) is 0 Å². The molecule has 1 aromatic rings. The summed E-state index contributed by atoms with van der Waals surface area (Å²) in [6.07, 6.45) is 8.34. The standard InChI is InChI=1S/C19H26O3/c1-4-19(3)18(21-19)11-8-14(2)6-5-7-15-9-10-16-13-20-22-17(16)12-15/h6,9-10,12,18H,4-5,7-8,11,13H2,1-3H3/b14-6+. The van der Waals surface area contributed by atoms with E-state index < -0.39 is 0 Å². The first-order valence-corrected chi connectivity index (χ1v) is 8.35. The molecule has 1 aromatic carbocycles. The van der Waals surface area contributed by atoms with Crippen molar-refractivity contribution in [2.45, 2.75) is 71.2 Å². The highest BCUT2D eigenvalue weighted by Crippen LogP contribution is 2.42. The molecule has 2 aliphatic rings. The molecule has 120 valence electrons. The Labute approximate surface area is 133 Å². The maximum Gasteiger partial charge on any atom is 0.171 e. The molecule has 1 fully saturated rings. The molecule has 1 saturated heterocycles. The van der Waals surface area contributed by atoms with E-state index in [1.54, 1.807) is 0 Å². The lowest BCUT2D eigenvalue weighted by atomic mass is 9.99. The molecule has 3 heteroatoms. The quantitative estimate of drug-likeness (QED) is 0.414. The van der Waals surface area contributed by atoms with Gasteiger partial charge in [0.15, 0.2) is 5.75 Å². The van der Waals surface area contributed by atoms with E-state index in [1.165, 1.54) is 11.1 Å². The van der Waals surface area contributed by atoms with E-state index in [-0.39, 0.29) is 5.60 Å². The largest absolute Gasteiger partial charge is 0.366 e. The average molecular weight is 302 g/mol.